The van der Waals surface area contributed by atoms with Crippen molar-refractivity contribution >= 4 is 0 Å². The first kappa shape index (κ1) is 9.17. The van der Waals surface area contributed by atoms with Gasteiger partial charge in [-0.2, -0.15) is 0 Å². The molecule has 1 aliphatic rings. The van der Waals surface area contributed by atoms with E-state index in [1.54, 1.807) is 6.08 Å². The van der Waals surface area contributed by atoms with Gasteiger partial charge in [-0.3, -0.25) is 0 Å². The molecule has 1 rings (SSSR count). The van der Waals surface area contributed by atoms with Crippen molar-refractivity contribution < 1.29 is 10.2 Å². The van der Waals surface area contributed by atoms with Crippen LogP contribution in [0.25, 0.3) is 0 Å². The highest BCUT2D eigenvalue weighted by Crippen LogP contribution is 2.38. The van der Waals surface area contributed by atoms with Gasteiger partial charge in [0, 0.05) is 0 Å². The van der Waals surface area contributed by atoms with Crippen molar-refractivity contribution in [1.82, 2.24) is 0 Å². The van der Waals surface area contributed by atoms with Gasteiger partial charge in [0.25, 0.3) is 0 Å². The van der Waals surface area contributed by atoms with Crippen molar-refractivity contribution in [2.75, 3.05) is 0 Å². The van der Waals surface area contributed by atoms with Crippen LogP contribution in [0.1, 0.15) is 33.1 Å². The maximum atomic E-state index is 9.26. The van der Waals surface area contributed by atoms with Crippen molar-refractivity contribution in [3.05, 3.63) is 23.2 Å². The van der Waals surface area contributed by atoms with Crippen molar-refractivity contribution in [3.8, 4) is 0 Å². The molecule has 0 radical (unpaired) electrons. The predicted octanol–water partition coefficient (Wildman–Crippen LogP) is 3.08. The second-order valence-corrected chi connectivity index (χ2v) is 3.32. The monoisotopic (exact) mass is 168 g/mol. The van der Waals surface area contributed by atoms with Crippen LogP contribution in [0.3, 0.4) is 0 Å². The molecule has 0 spiro atoms. The van der Waals surface area contributed by atoms with Crippen LogP contribution in [-0.2, 0) is 0 Å². The molecule has 0 aliphatic heterocycles. The Morgan fingerprint density at radius 3 is 2.33 bits per heavy atom. The lowest BCUT2D eigenvalue weighted by molar-refractivity contribution is 0.339. The first-order valence-corrected chi connectivity index (χ1v) is 4.44. The van der Waals surface area contributed by atoms with Gasteiger partial charge >= 0.3 is 0 Å². The van der Waals surface area contributed by atoms with Gasteiger partial charge in [0.1, 0.15) is 5.76 Å². The largest absolute Gasteiger partial charge is 0.509 e. The summed E-state index contributed by atoms with van der Waals surface area (Å²) in [5, 5.41) is 18.2. The van der Waals surface area contributed by atoms with Gasteiger partial charge in [-0.1, -0.05) is 12.5 Å². The lowest BCUT2D eigenvalue weighted by Gasteiger charge is -2.01. The van der Waals surface area contributed by atoms with E-state index in [2.05, 4.69) is 6.92 Å². The van der Waals surface area contributed by atoms with E-state index in [1.165, 1.54) is 25.3 Å². The van der Waals surface area contributed by atoms with Crippen LogP contribution >= 0.6 is 0 Å². The molecule has 0 aromatic rings. The molecule has 0 amide bonds. The number of allylic oxidation sites excluding steroid dienone is 3. The van der Waals surface area contributed by atoms with Gasteiger partial charge in [-0.05, 0) is 38.2 Å². The van der Waals surface area contributed by atoms with E-state index in [4.69, 9.17) is 5.11 Å². The number of hydrogen-bond acceptors (Lipinski definition) is 2. The first-order chi connectivity index (χ1) is 5.65. The molecule has 2 nitrogen and oxygen atoms in total. The fourth-order valence-electron chi connectivity index (χ4n) is 1.24. The third-order valence-corrected chi connectivity index (χ3v) is 2.20. The lowest BCUT2D eigenvalue weighted by Crippen LogP contribution is -1.88. The van der Waals surface area contributed by atoms with Crippen LogP contribution in [0, 0.1) is 5.92 Å². The average Bonchev–Trinajstić information content (AvgIpc) is 2.82. The van der Waals surface area contributed by atoms with E-state index in [0.29, 0.717) is 5.92 Å². The molecule has 0 saturated heterocycles. The van der Waals surface area contributed by atoms with E-state index in [0.717, 1.165) is 6.42 Å². The Morgan fingerprint density at radius 1 is 1.42 bits per heavy atom. The van der Waals surface area contributed by atoms with Gasteiger partial charge in [-0.15, -0.1) is 0 Å². The summed E-state index contributed by atoms with van der Waals surface area (Å²) in [6.07, 6.45) is 5.13. The molecule has 0 aromatic heterocycles. The number of aliphatic hydroxyl groups is 2. The molecular weight excluding hydrogens is 152 g/mol. The van der Waals surface area contributed by atoms with Crippen molar-refractivity contribution in [1.29, 1.82) is 0 Å². The molecule has 68 valence electrons. The molecule has 1 saturated carbocycles. The summed E-state index contributed by atoms with van der Waals surface area (Å²) in [6.45, 7) is 3.57. The molecular formula is C10H16O2. The fraction of sp³-hybridized carbons (Fsp3) is 0.600. The Balaban J connectivity index is 2.69. The molecule has 12 heavy (non-hydrogen) atoms. The smallest absolute Gasteiger partial charge is 0.152 e. The van der Waals surface area contributed by atoms with E-state index < -0.39 is 0 Å². The minimum absolute atomic E-state index is 0.00148. The summed E-state index contributed by atoms with van der Waals surface area (Å²) in [7, 11) is 0. The fourth-order valence-corrected chi connectivity index (χ4v) is 1.24. The van der Waals surface area contributed by atoms with Gasteiger partial charge < -0.3 is 10.2 Å². The highest BCUT2D eigenvalue weighted by molar-refractivity contribution is 5.23. The van der Waals surface area contributed by atoms with Crippen LogP contribution in [0.4, 0.5) is 0 Å². The normalized spacial score (nSPS) is 20.7. The summed E-state index contributed by atoms with van der Waals surface area (Å²) in [5.41, 5.74) is 1.25. The van der Waals surface area contributed by atoms with Gasteiger partial charge in [0.05, 0.1) is 0 Å². The molecule has 0 unspecified atom stereocenters. The highest BCUT2D eigenvalue weighted by atomic mass is 16.3. The summed E-state index contributed by atoms with van der Waals surface area (Å²) in [6, 6.07) is 0. The molecule has 1 fully saturated rings. The van der Waals surface area contributed by atoms with Crippen LogP contribution in [-0.4, -0.2) is 10.2 Å². The van der Waals surface area contributed by atoms with Crippen molar-refractivity contribution in [2.45, 2.75) is 33.1 Å². The van der Waals surface area contributed by atoms with Gasteiger partial charge in [0.15, 0.2) is 5.76 Å². The molecule has 2 N–H and O–H groups in total. The van der Waals surface area contributed by atoms with Crippen LogP contribution in [0.15, 0.2) is 23.2 Å². The molecule has 0 aromatic carbocycles. The van der Waals surface area contributed by atoms with Gasteiger partial charge in [0.2, 0.25) is 0 Å². The van der Waals surface area contributed by atoms with Crippen LogP contribution in [0.2, 0.25) is 0 Å². The van der Waals surface area contributed by atoms with E-state index in [1.807, 2.05) is 0 Å². The molecule has 1 aliphatic carbocycles. The zero-order valence-electron chi connectivity index (χ0n) is 7.67. The molecule has 0 atom stereocenters. The van der Waals surface area contributed by atoms with Crippen LogP contribution in [0.5, 0.6) is 0 Å². The molecule has 0 bridgehead atoms. The minimum atomic E-state index is 0.00148. The number of hydrogen-bond donors (Lipinski definition) is 2. The summed E-state index contributed by atoms with van der Waals surface area (Å²) in [5.74, 6) is 0.678. The van der Waals surface area contributed by atoms with E-state index in [-0.39, 0.29) is 11.5 Å². The first-order valence-electron chi connectivity index (χ1n) is 4.44. The second-order valence-electron chi connectivity index (χ2n) is 3.32. The van der Waals surface area contributed by atoms with Crippen LogP contribution < -0.4 is 0 Å². The zero-order valence-corrected chi connectivity index (χ0v) is 7.67. The maximum absolute atomic E-state index is 9.26. The molecule has 0 heterocycles. The van der Waals surface area contributed by atoms with E-state index in [9.17, 15) is 5.11 Å². The number of rotatable bonds is 3. The second kappa shape index (κ2) is 3.65. The summed E-state index contributed by atoms with van der Waals surface area (Å²) >= 11 is 0. The third-order valence-electron chi connectivity index (χ3n) is 2.20. The average molecular weight is 168 g/mol. The topological polar surface area (TPSA) is 40.5 Å². The quantitative estimate of drug-likeness (QED) is 0.502. The van der Waals surface area contributed by atoms with Gasteiger partial charge in [-0.25, -0.2) is 0 Å². The SMILES string of the molecule is CC/C(=C\C(O)=C(/C)O)C1CC1. The van der Waals surface area contributed by atoms with Crippen molar-refractivity contribution in [2.24, 2.45) is 5.92 Å². The Hall–Kier alpha value is -0.920. The van der Waals surface area contributed by atoms with Crippen molar-refractivity contribution in [3.63, 3.8) is 0 Å². The van der Waals surface area contributed by atoms with E-state index >= 15 is 0 Å². The Bertz CT molecular complexity index is 218. The Kier molecular flexibility index (Phi) is 2.79. The summed E-state index contributed by atoms with van der Waals surface area (Å²) in [4.78, 5) is 0. The summed E-state index contributed by atoms with van der Waals surface area (Å²) < 4.78 is 0. The minimum Gasteiger partial charge on any atom is -0.509 e. The zero-order chi connectivity index (χ0) is 9.14. The Labute approximate surface area is 73.2 Å². The Morgan fingerprint density at radius 2 is 2.00 bits per heavy atom. The number of aliphatic hydroxyl groups excluding tert-OH is 2. The highest BCUT2D eigenvalue weighted by Gasteiger charge is 2.24. The lowest BCUT2D eigenvalue weighted by atomic mass is 10.1. The third kappa shape index (κ3) is 2.29. The standard InChI is InChI=1S/C10H16O2/c1-3-8(9-4-5-9)6-10(12)7(2)11/h6,9,11-12H,3-5H2,1-2H3/b8-6+,10-7-. The maximum Gasteiger partial charge on any atom is 0.152 e. The predicted molar refractivity (Wildman–Crippen MR) is 49.1 cm³/mol. The molecule has 2 heteroatoms.